The molecule has 0 aliphatic heterocycles. The molecule has 0 heterocycles. The SMILES string of the molecule is C[Si](C)(C)/C=C/CC1(O)CCCCC1. The molecule has 1 saturated carbocycles. The average molecular weight is 212 g/mol. The lowest BCUT2D eigenvalue weighted by atomic mass is 9.83. The van der Waals surface area contributed by atoms with Crippen LogP contribution in [0.1, 0.15) is 38.5 Å². The first kappa shape index (κ1) is 12.0. The fourth-order valence-electron chi connectivity index (χ4n) is 2.05. The third-order valence-electron chi connectivity index (χ3n) is 2.90. The summed E-state index contributed by atoms with van der Waals surface area (Å²) in [4.78, 5) is 0. The molecule has 82 valence electrons. The Bertz CT molecular complexity index is 197. The second kappa shape index (κ2) is 4.62. The van der Waals surface area contributed by atoms with Crippen LogP contribution < -0.4 is 0 Å². The van der Waals surface area contributed by atoms with E-state index < -0.39 is 8.07 Å². The Labute approximate surface area is 89.2 Å². The van der Waals surface area contributed by atoms with E-state index in [1.807, 2.05) is 0 Å². The molecule has 1 fully saturated rings. The van der Waals surface area contributed by atoms with Gasteiger partial charge in [0.25, 0.3) is 0 Å². The van der Waals surface area contributed by atoms with Crippen LogP contribution in [0.2, 0.25) is 19.6 Å². The summed E-state index contributed by atoms with van der Waals surface area (Å²) in [5.41, 5.74) is 1.98. The van der Waals surface area contributed by atoms with Gasteiger partial charge in [0.05, 0.1) is 13.7 Å². The molecule has 1 aliphatic carbocycles. The van der Waals surface area contributed by atoms with Gasteiger partial charge in [0.2, 0.25) is 0 Å². The van der Waals surface area contributed by atoms with Gasteiger partial charge in [0, 0.05) is 0 Å². The molecule has 1 N–H and O–H groups in total. The van der Waals surface area contributed by atoms with Crippen molar-refractivity contribution in [3.8, 4) is 0 Å². The second-order valence-corrected chi connectivity index (χ2v) is 10.8. The van der Waals surface area contributed by atoms with Crippen molar-refractivity contribution in [1.82, 2.24) is 0 Å². The van der Waals surface area contributed by atoms with Crippen LogP contribution in [-0.2, 0) is 0 Å². The Morgan fingerprint density at radius 3 is 2.21 bits per heavy atom. The molecule has 0 aromatic carbocycles. The number of aliphatic hydroxyl groups is 1. The van der Waals surface area contributed by atoms with Crippen LogP contribution in [0, 0.1) is 0 Å². The van der Waals surface area contributed by atoms with Crippen LogP contribution in [-0.4, -0.2) is 18.8 Å². The van der Waals surface area contributed by atoms with E-state index >= 15 is 0 Å². The van der Waals surface area contributed by atoms with Gasteiger partial charge in [-0.2, -0.15) is 0 Å². The molecular weight excluding hydrogens is 188 g/mol. The monoisotopic (exact) mass is 212 g/mol. The summed E-state index contributed by atoms with van der Waals surface area (Å²) in [6.45, 7) is 6.98. The summed E-state index contributed by atoms with van der Waals surface area (Å²) >= 11 is 0. The van der Waals surface area contributed by atoms with Gasteiger partial charge in [-0.3, -0.25) is 0 Å². The third kappa shape index (κ3) is 4.42. The van der Waals surface area contributed by atoms with Gasteiger partial charge in [-0.05, 0) is 19.3 Å². The molecule has 1 nitrogen and oxygen atoms in total. The highest BCUT2D eigenvalue weighted by Crippen LogP contribution is 2.31. The Morgan fingerprint density at radius 2 is 1.71 bits per heavy atom. The molecule has 0 unspecified atom stereocenters. The lowest BCUT2D eigenvalue weighted by molar-refractivity contribution is 0.00698. The zero-order valence-corrected chi connectivity index (χ0v) is 10.8. The highest BCUT2D eigenvalue weighted by atomic mass is 28.3. The van der Waals surface area contributed by atoms with E-state index in [2.05, 4.69) is 31.4 Å². The first-order chi connectivity index (χ1) is 6.41. The summed E-state index contributed by atoms with van der Waals surface area (Å²) in [6, 6.07) is 0. The molecule has 1 aliphatic rings. The van der Waals surface area contributed by atoms with Gasteiger partial charge < -0.3 is 5.11 Å². The molecule has 0 aromatic heterocycles. The first-order valence-corrected chi connectivity index (χ1v) is 9.39. The normalized spacial score (nSPS) is 22.9. The van der Waals surface area contributed by atoms with Crippen molar-refractivity contribution < 1.29 is 5.11 Å². The van der Waals surface area contributed by atoms with Crippen molar-refractivity contribution in [1.29, 1.82) is 0 Å². The van der Waals surface area contributed by atoms with Crippen LogP contribution in [0.4, 0.5) is 0 Å². The van der Waals surface area contributed by atoms with Crippen molar-refractivity contribution in [2.75, 3.05) is 0 Å². The quantitative estimate of drug-likeness (QED) is 0.710. The Balaban J connectivity index is 2.39. The van der Waals surface area contributed by atoms with Gasteiger partial charge in [-0.15, -0.1) is 0 Å². The largest absolute Gasteiger partial charge is 0.390 e. The van der Waals surface area contributed by atoms with Gasteiger partial charge in [-0.1, -0.05) is 50.7 Å². The maximum atomic E-state index is 10.2. The zero-order chi connectivity index (χ0) is 10.7. The van der Waals surface area contributed by atoms with E-state index in [1.165, 1.54) is 19.3 Å². The summed E-state index contributed by atoms with van der Waals surface area (Å²) in [6.07, 6.45) is 8.81. The molecule has 0 saturated heterocycles. The molecule has 1 rings (SSSR count). The van der Waals surface area contributed by atoms with E-state index in [4.69, 9.17) is 0 Å². The number of hydrogen-bond acceptors (Lipinski definition) is 1. The number of rotatable bonds is 3. The minimum absolute atomic E-state index is 0.367. The van der Waals surface area contributed by atoms with Crippen LogP contribution >= 0.6 is 0 Å². The maximum Gasteiger partial charge on any atom is 0.0682 e. The molecular formula is C12H24OSi. The summed E-state index contributed by atoms with van der Waals surface area (Å²) < 4.78 is 0. The minimum Gasteiger partial charge on any atom is -0.390 e. The third-order valence-corrected chi connectivity index (χ3v) is 4.14. The van der Waals surface area contributed by atoms with E-state index in [0.29, 0.717) is 0 Å². The smallest absolute Gasteiger partial charge is 0.0682 e. The maximum absolute atomic E-state index is 10.2. The van der Waals surface area contributed by atoms with Crippen LogP contribution in [0.3, 0.4) is 0 Å². The zero-order valence-electron chi connectivity index (χ0n) is 9.84. The van der Waals surface area contributed by atoms with Crippen LogP contribution in [0.5, 0.6) is 0 Å². The van der Waals surface area contributed by atoms with Crippen LogP contribution in [0.25, 0.3) is 0 Å². The number of hydrogen-bond donors (Lipinski definition) is 1. The predicted molar refractivity (Wildman–Crippen MR) is 65.1 cm³/mol. The van der Waals surface area contributed by atoms with Gasteiger partial charge >= 0.3 is 0 Å². The standard InChI is InChI=1S/C12H24OSi/c1-14(2,3)11-7-10-12(13)8-5-4-6-9-12/h7,11,13H,4-6,8-10H2,1-3H3/b11-7+. The van der Waals surface area contributed by atoms with Crippen molar-refractivity contribution in [3.63, 3.8) is 0 Å². The van der Waals surface area contributed by atoms with Crippen molar-refractivity contribution in [3.05, 3.63) is 11.8 Å². The molecule has 0 radical (unpaired) electrons. The molecule has 14 heavy (non-hydrogen) atoms. The van der Waals surface area contributed by atoms with Crippen molar-refractivity contribution in [2.45, 2.75) is 63.8 Å². The molecule has 2 heteroatoms. The van der Waals surface area contributed by atoms with Crippen LogP contribution in [0.15, 0.2) is 11.8 Å². The second-order valence-electron chi connectivity index (χ2n) is 5.76. The Kier molecular flexibility index (Phi) is 3.96. The van der Waals surface area contributed by atoms with Gasteiger partial charge in [0.15, 0.2) is 0 Å². The Hall–Kier alpha value is -0.0831. The fraction of sp³-hybridized carbons (Fsp3) is 0.833. The van der Waals surface area contributed by atoms with E-state index in [-0.39, 0.29) is 5.60 Å². The van der Waals surface area contributed by atoms with E-state index in [0.717, 1.165) is 19.3 Å². The molecule has 0 spiro atoms. The summed E-state index contributed by atoms with van der Waals surface area (Å²) in [7, 11) is -1.07. The minimum atomic E-state index is -1.07. The van der Waals surface area contributed by atoms with E-state index in [9.17, 15) is 5.11 Å². The highest BCUT2D eigenvalue weighted by Gasteiger charge is 2.27. The van der Waals surface area contributed by atoms with Crippen molar-refractivity contribution >= 4 is 8.07 Å². The lowest BCUT2D eigenvalue weighted by Crippen LogP contribution is -2.30. The molecule has 0 aromatic rings. The fourth-order valence-corrected chi connectivity index (χ4v) is 2.87. The van der Waals surface area contributed by atoms with Gasteiger partial charge in [-0.25, -0.2) is 0 Å². The lowest BCUT2D eigenvalue weighted by Gasteiger charge is -2.31. The average Bonchev–Trinajstić information content (AvgIpc) is 2.02. The predicted octanol–water partition coefficient (Wildman–Crippen LogP) is 3.51. The molecule has 0 atom stereocenters. The Morgan fingerprint density at radius 1 is 1.14 bits per heavy atom. The van der Waals surface area contributed by atoms with Crippen molar-refractivity contribution in [2.24, 2.45) is 0 Å². The summed E-state index contributed by atoms with van der Waals surface area (Å²) in [5, 5.41) is 10.2. The molecule has 0 amide bonds. The first-order valence-electron chi connectivity index (χ1n) is 5.81. The molecule has 0 bridgehead atoms. The van der Waals surface area contributed by atoms with Gasteiger partial charge in [0.1, 0.15) is 0 Å². The topological polar surface area (TPSA) is 20.2 Å². The summed E-state index contributed by atoms with van der Waals surface area (Å²) in [5.74, 6) is 0. The van der Waals surface area contributed by atoms with E-state index in [1.54, 1.807) is 0 Å². The highest BCUT2D eigenvalue weighted by molar-refractivity contribution is 6.80.